The lowest BCUT2D eigenvalue weighted by atomic mass is 10.0. The van der Waals surface area contributed by atoms with E-state index < -0.39 is 53.6 Å². The molecule has 0 bridgehead atoms. The van der Waals surface area contributed by atoms with Crippen LogP contribution in [0.15, 0.2) is 18.2 Å². The Labute approximate surface area is 210 Å². The molecule has 3 fully saturated rings. The van der Waals surface area contributed by atoms with Crippen molar-refractivity contribution in [2.75, 3.05) is 26.2 Å². The van der Waals surface area contributed by atoms with Gasteiger partial charge in [0.1, 0.15) is 23.4 Å². The normalized spacial score (nSPS) is 26.6. The molecule has 2 aliphatic heterocycles. The molecule has 196 valence electrons. The maximum atomic E-state index is 13.7. The van der Waals surface area contributed by atoms with Crippen LogP contribution in [-0.4, -0.2) is 71.5 Å². The van der Waals surface area contributed by atoms with E-state index in [9.17, 15) is 32.3 Å². The van der Waals surface area contributed by atoms with Crippen molar-refractivity contribution in [1.29, 1.82) is 0 Å². The van der Waals surface area contributed by atoms with E-state index in [1.54, 1.807) is 0 Å². The molecule has 9 nitrogen and oxygen atoms in total. The minimum atomic E-state index is -2.44. The monoisotopic (exact) mass is 530 g/mol. The topological polar surface area (TPSA) is 108 Å². The van der Waals surface area contributed by atoms with E-state index in [-0.39, 0.29) is 42.0 Å². The van der Waals surface area contributed by atoms with Gasteiger partial charge in [-0.15, -0.1) is 0 Å². The fourth-order valence-corrected chi connectivity index (χ4v) is 5.35. The number of ether oxygens (including phenoxy) is 1. The van der Waals surface area contributed by atoms with Crippen molar-refractivity contribution in [1.82, 2.24) is 20.7 Å². The molecule has 0 radical (unpaired) electrons. The van der Waals surface area contributed by atoms with Crippen LogP contribution in [0.25, 0.3) is 0 Å². The van der Waals surface area contributed by atoms with Crippen LogP contribution in [0.4, 0.5) is 13.2 Å². The summed E-state index contributed by atoms with van der Waals surface area (Å²) in [7, 11) is 0. The second-order valence-corrected chi connectivity index (χ2v) is 10.2. The number of amides is 4. The average molecular weight is 531 g/mol. The molecule has 0 aromatic heterocycles. The number of nitrogens with one attached hydrogen (secondary N) is 2. The highest BCUT2D eigenvalue weighted by Gasteiger charge is 2.69. The van der Waals surface area contributed by atoms with E-state index in [1.807, 2.05) is 13.8 Å². The molecular weight excluding hydrogens is 505 g/mol. The molecule has 1 aromatic carbocycles. The first-order valence-electron chi connectivity index (χ1n) is 11.5. The van der Waals surface area contributed by atoms with Crippen molar-refractivity contribution in [2.24, 2.45) is 23.2 Å². The number of carbonyl (C=O) groups excluding carboxylic acids is 4. The van der Waals surface area contributed by atoms with Gasteiger partial charge in [-0.05, 0) is 23.7 Å². The molecule has 0 spiro atoms. The number of hydrogen-bond acceptors (Lipinski definition) is 5. The zero-order valence-electron chi connectivity index (χ0n) is 19.6. The summed E-state index contributed by atoms with van der Waals surface area (Å²) in [4.78, 5) is 51.9. The van der Waals surface area contributed by atoms with Crippen molar-refractivity contribution >= 4 is 35.2 Å². The van der Waals surface area contributed by atoms with Gasteiger partial charge in [-0.1, -0.05) is 25.4 Å². The van der Waals surface area contributed by atoms with Crippen molar-refractivity contribution in [3.63, 3.8) is 0 Å². The van der Waals surface area contributed by atoms with E-state index in [1.165, 1.54) is 4.90 Å². The number of rotatable bonds is 7. The number of fused-ring (bicyclic) bond motifs is 1. The molecular formula is C23H26ClF3N4O5. The third-order valence-electron chi connectivity index (χ3n) is 7.26. The fourth-order valence-electron chi connectivity index (χ4n) is 5.23. The molecule has 1 aromatic rings. The number of hydrazine groups is 1. The van der Waals surface area contributed by atoms with E-state index in [0.717, 1.165) is 12.1 Å². The van der Waals surface area contributed by atoms with Crippen LogP contribution in [0.5, 0.6) is 5.75 Å². The minimum Gasteiger partial charge on any atom is -0.484 e. The van der Waals surface area contributed by atoms with E-state index in [2.05, 4.69) is 10.7 Å². The number of likely N-dealkylation sites (tertiary alicyclic amines) is 1. The molecule has 5 atom stereocenters. The molecule has 13 heteroatoms. The lowest BCUT2D eigenvalue weighted by Gasteiger charge is -2.32. The van der Waals surface area contributed by atoms with E-state index in [4.69, 9.17) is 16.3 Å². The number of hydrogen-bond donors (Lipinski definition) is 2. The second-order valence-electron chi connectivity index (χ2n) is 9.84. The lowest BCUT2D eigenvalue weighted by molar-refractivity contribution is -0.149. The lowest BCUT2D eigenvalue weighted by Crippen LogP contribution is -2.58. The number of nitrogens with zero attached hydrogens (tertiary/aromatic N) is 2. The van der Waals surface area contributed by atoms with Gasteiger partial charge in [0.2, 0.25) is 5.91 Å². The molecule has 4 rings (SSSR count). The summed E-state index contributed by atoms with van der Waals surface area (Å²) in [5, 5.41) is 3.29. The summed E-state index contributed by atoms with van der Waals surface area (Å²) < 4.78 is 45.7. The first-order chi connectivity index (χ1) is 16.9. The zero-order chi connectivity index (χ0) is 26.4. The van der Waals surface area contributed by atoms with Crippen molar-refractivity contribution < 1.29 is 37.1 Å². The largest absolute Gasteiger partial charge is 0.484 e. The second kappa shape index (κ2) is 9.79. The summed E-state index contributed by atoms with van der Waals surface area (Å²) in [6.45, 7) is 3.64. The van der Waals surface area contributed by atoms with Gasteiger partial charge in [-0.3, -0.25) is 24.6 Å². The molecule has 4 amide bonds. The van der Waals surface area contributed by atoms with Gasteiger partial charge in [-0.2, -0.15) is 0 Å². The van der Waals surface area contributed by atoms with Crippen LogP contribution >= 0.6 is 11.6 Å². The van der Waals surface area contributed by atoms with Gasteiger partial charge in [-0.25, -0.2) is 18.2 Å². The number of benzene rings is 1. The Morgan fingerprint density at radius 3 is 2.53 bits per heavy atom. The molecule has 3 aliphatic rings. The quantitative estimate of drug-likeness (QED) is 0.409. The van der Waals surface area contributed by atoms with Gasteiger partial charge in [0, 0.05) is 31.3 Å². The maximum Gasteiger partial charge on any atom is 0.291 e. The third kappa shape index (κ3) is 5.09. The maximum absolute atomic E-state index is 13.7. The number of alkyl halides is 2. The fraction of sp³-hybridized carbons (Fsp3) is 0.565. The van der Waals surface area contributed by atoms with Crippen molar-refractivity contribution in [2.45, 2.75) is 31.9 Å². The highest BCUT2D eigenvalue weighted by atomic mass is 35.5. The molecule has 1 saturated carbocycles. The van der Waals surface area contributed by atoms with Gasteiger partial charge in [0.25, 0.3) is 23.4 Å². The van der Waals surface area contributed by atoms with Crippen LogP contribution < -0.4 is 15.5 Å². The molecule has 36 heavy (non-hydrogen) atoms. The standard InChI is InChI=1S/C23H26ClF3N4O5/c1-23(2)15-9-30(16(32)10-36-14-6-12(25)5-13(26)7-14)18(17(15)23)21(34)29-31(22(35)19(24)27)8-11-3-4-28-20(11)33/h5-7,11,15,17-19H,3-4,8-10H2,1-2H3,(H,28,33)(H,29,34)/t11-,15-,17-,18-,19?/m0/s1. The SMILES string of the molecule is CC1(C)[C@@H]2[C@@H](C(=O)NN(C[C@@H]3CCNC3=O)C(=O)C(F)Cl)N(C(=O)COc3cc(F)cc(F)c3)C[C@@H]21. The van der Waals surface area contributed by atoms with Crippen LogP contribution in [0.3, 0.4) is 0 Å². The van der Waals surface area contributed by atoms with Gasteiger partial charge < -0.3 is 15.0 Å². The molecule has 2 N–H and O–H groups in total. The highest BCUT2D eigenvalue weighted by molar-refractivity contribution is 6.29. The summed E-state index contributed by atoms with van der Waals surface area (Å²) in [6, 6.07) is 1.50. The summed E-state index contributed by atoms with van der Waals surface area (Å²) >= 11 is 5.33. The van der Waals surface area contributed by atoms with Crippen LogP contribution in [0, 0.1) is 34.8 Å². The Morgan fingerprint density at radius 1 is 1.28 bits per heavy atom. The van der Waals surface area contributed by atoms with Crippen LogP contribution in [0.2, 0.25) is 0 Å². The average Bonchev–Trinajstić information content (AvgIpc) is 3.15. The highest BCUT2D eigenvalue weighted by Crippen LogP contribution is 2.64. The van der Waals surface area contributed by atoms with Crippen molar-refractivity contribution in [3.05, 3.63) is 29.8 Å². The van der Waals surface area contributed by atoms with Crippen molar-refractivity contribution in [3.8, 4) is 5.75 Å². The first-order valence-corrected chi connectivity index (χ1v) is 11.9. The Morgan fingerprint density at radius 2 is 1.94 bits per heavy atom. The van der Waals surface area contributed by atoms with E-state index >= 15 is 0 Å². The van der Waals surface area contributed by atoms with Gasteiger partial charge >= 0.3 is 0 Å². The summed E-state index contributed by atoms with van der Waals surface area (Å²) in [5.41, 5.74) is -0.344. The molecule has 1 unspecified atom stereocenters. The van der Waals surface area contributed by atoms with Gasteiger partial charge in [0.05, 0.1) is 12.5 Å². The van der Waals surface area contributed by atoms with Gasteiger partial charge in [0.15, 0.2) is 6.61 Å². The predicted molar refractivity (Wildman–Crippen MR) is 120 cm³/mol. The molecule has 1 aliphatic carbocycles. The Hall–Kier alpha value is -3.02. The Bertz CT molecular complexity index is 1070. The number of halogens is 4. The molecule has 2 saturated heterocycles. The number of carbonyl (C=O) groups is 4. The van der Waals surface area contributed by atoms with Crippen LogP contribution in [-0.2, 0) is 19.2 Å². The Kier molecular flexibility index (Phi) is 7.09. The minimum absolute atomic E-state index is 0.00414. The predicted octanol–water partition coefficient (Wildman–Crippen LogP) is 1.36. The van der Waals surface area contributed by atoms with E-state index in [0.29, 0.717) is 24.0 Å². The third-order valence-corrected chi connectivity index (χ3v) is 7.45. The Balaban J connectivity index is 1.48. The number of piperidine rings is 1. The summed E-state index contributed by atoms with van der Waals surface area (Å²) in [5.74, 6) is -5.73. The van der Waals surface area contributed by atoms with Crippen LogP contribution in [0.1, 0.15) is 20.3 Å². The summed E-state index contributed by atoms with van der Waals surface area (Å²) in [6.07, 6.45) is 0.390. The zero-order valence-corrected chi connectivity index (χ0v) is 20.4. The first kappa shape index (κ1) is 26.1. The molecule has 2 heterocycles. The smallest absolute Gasteiger partial charge is 0.291 e.